The lowest BCUT2D eigenvalue weighted by atomic mass is 10.0. The van der Waals surface area contributed by atoms with Gasteiger partial charge in [0.25, 0.3) is 0 Å². The van der Waals surface area contributed by atoms with Crippen molar-refractivity contribution in [1.82, 2.24) is 0 Å². The Kier molecular flexibility index (Phi) is 3.67. The molecule has 1 heterocycles. The molecule has 2 rings (SSSR count). The van der Waals surface area contributed by atoms with Gasteiger partial charge in [0.1, 0.15) is 11.4 Å². The highest BCUT2D eigenvalue weighted by Crippen LogP contribution is 2.33. The van der Waals surface area contributed by atoms with Crippen molar-refractivity contribution in [3.63, 3.8) is 0 Å². The van der Waals surface area contributed by atoms with Crippen molar-refractivity contribution in [2.24, 2.45) is 5.41 Å². The van der Waals surface area contributed by atoms with Crippen molar-refractivity contribution in [1.29, 1.82) is 0 Å². The van der Waals surface area contributed by atoms with E-state index < -0.39 is 0 Å². The Morgan fingerprint density at radius 1 is 1.06 bits per heavy atom. The predicted molar refractivity (Wildman–Crippen MR) is 70.0 cm³/mol. The van der Waals surface area contributed by atoms with E-state index in [1.165, 1.54) is 5.56 Å². The zero-order chi connectivity index (χ0) is 12.4. The highest BCUT2D eigenvalue weighted by atomic mass is 16.5. The van der Waals surface area contributed by atoms with Gasteiger partial charge < -0.3 is 4.74 Å². The zero-order valence-electron chi connectivity index (χ0n) is 11.4. The Labute approximate surface area is 99.8 Å². The number of hydrogen-bond acceptors (Lipinski definition) is 1. The Morgan fingerprint density at radius 3 is 2.06 bits per heavy atom. The van der Waals surface area contributed by atoms with Crippen LogP contribution in [0.5, 0.6) is 5.75 Å². The number of rotatable bonds is 0. The highest BCUT2D eigenvalue weighted by molar-refractivity contribution is 5.38. The molecule has 1 heteroatoms. The molecule has 1 aromatic carbocycles. The minimum Gasteiger partial charge on any atom is -0.487 e. The van der Waals surface area contributed by atoms with Gasteiger partial charge in [-0.2, -0.15) is 0 Å². The second kappa shape index (κ2) is 4.48. The van der Waals surface area contributed by atoms with Crippen LogP contribution >= 0.6 is 0 Å². The van der Waals surface area contributed by atoms with Gasteiger partial charge in [0.2, 0.25) is 0 Å². The maximum absolute atomic E-state index is 5.69. The van der Waals surface area contributed by atoms with Crippen molar-refractivity contribution in [3.05, 3.63) is 29.8 Å². The summed E-state index contributed by atoms with van der Waals surface area (Å²) in [5, 5.41) is 0. The van der Waals surface area contributed by atoms with Gasteiger partial charge in [-0.3, -0.25) is 0 Å². The van der Waals surface area contributed by atoms with Crippen LogP contribution in [0, 0.1) is 5.41 Å². The van der Waals surface area contributed by atoms with E-state index in [2.05, 4.69) is 53.7 Å². The van der Waals surface area contributed by atoms with E-state index in [1.54, 1.807) is 0 Å². The van der Waals surface area contributed by atoms with Crippen molar-refractivity contribution in [2.75, 3.05) is 0 Å². The summed E-state index contributed by atoms with van der Waals surface area (Å²) >= 11 is 0. The molecule has 0 radical (unpaired) electrons. The number of ether oxygens (including phenoxy) is 1. The van der Waals surface area contributed by atoms with Crippen molar-refractivity contribution in [2.45, 2.75) is 53.6 Å². The average Bonchev–Trinajstić information content (AvgIpc) is 2.34. The Morgan fingerprint density at radius 2 is 1.56 bits per heavy atom. The van der Waals surface area contributed by atoms with Gasteiger partial charge in [0.05, 0.1) is 0 Å². The quantitative estimate of drug-likeness (QED) is 0.627. The topological polar surface area (TPSA) is 9.23 Å². The lowest BCUT2D eigenvalue weighted by molar-refractivity contribution is 0.138. The first-order chi connectivity index (χ1) is 7.17. The van der Waals surface area contributed by atoms with Crippen LogP contribution in [-0.2, 0) is 6.42 Å². The molecule has 90 valence electrons. The molecule has 16 heavy (non-hydrogen) atoms. The number of para-hydroxylation sites is 1. The lowest BCUT2D eigenvalue weighted by Gasteiger charge is -2.16. The van der Waals surface area contributed by atoms with E-state index in [-0.39, 0.29) is 5.60 Å². The number of benzene rings is 1. The van der Waals surface area contributed by atoms with Crippen LogP contribution in [0.1, 0.15) is 47.1 Å². The summed E-state index contributed by atoms with van der Waals surface area (Å²) in [6, 6.07) is 8.23. The van der Waals surface area contributed by atoms with Gasteiger partial charge in [-0.05, 0) is 30.9 Å². The Bertz CT molecular complexity index is 312. The standard InChI is InChI=1S/C10H12O.C5H12/c1-10(2)7-8-5-3-4-6-9(8)11-10;1-5(2,3)4/h3-6H,7H2,1-2H3;1-4H3. The van der Waals surface area contributed by atoms with Gasteiger partial charge in [-0.15, -0.1) is 0 Å². The molecule has 1 aliphatic rings. The maximum Gasteiger partial charge on any atom is 0.123 e. The average molecular weight is 220 g/mol. The van der Waals surface area contributed by atoms with E-state index in [1.807, 2.05) is 12.1 Å². The molecule has 0 bridgehead atoms. The fourth-order valence-electron chi connectivity index (χ4n) is 1.54. The molecular formula is C15H24O. The summed E-state index contributed by atoms with van der Waals surface area (Å²) in [7, 11) is 0. The zero-order valence-corrected chi connectivity index (χ0v) is 11.4. The van der Waals surface area contributed by atoms with Crippen LogP contribution < -0.4 is 4.74 Å². The summed E-state index contributed by atoms with van der Waals surface area (Å²) in [4.78, 5) is 0. The summed E-state index contributed by atoms with van der Waals surface area (Å²) in [5.41, 5.74) is 1.83. The van der Waals surface area contributed by atoms with Gasteiger partial charge in [-0.1, -0.05) is 45.9 Å². The molecule has 0 fully saturated rings. The molecule has 0 saturated heterocycles. The van der Waals surface area contributed by atoms with Crippen LogP contribution in [-0.4, -0.2) is 5.60 Å². The van der Waals surface area contributed by atoms with E-state index in [4.69, 9.17) is 4.74 Å². The number of hydrogen-bond donors (Lipinski definition) is 0. The summed E-state index contributed by atoms with van der Waals surface area (Å²) < 4.78 is 5.69. The normalized spacial score (nSPS) is 16.9. The van der Waals surface area contributed by atoms with Crippen LogP contribution in [0.4, 0.5) is 0 Å². The minimum absolute atomic E-state index is 0.00366. The molecule has 1 aliphatic heterocycles. The third kappa shape index (κ3) is 4.69. The van der Waals surface area contributed by atoms with Gasteiger partial charge in [0, 0.05) is 6.42 Å². The second-order valence-electron chi connectivity index (χ2n) is 6.65. The van der Waals surface area contributed by atoms with Gasteiger partial charge in [-0.25, -0.2) is 0 Å². The Balaban J connectivity index is 0.000000221. The molecule has 1 nitrogen and oxygen atoms in total. The minimum atomic E-state index is 0.00366. The van der Waals surface area contributed by atoms with Crippen LogP contribution in [0.15, 0.2) is 24.3 Å². The van der Waals surface area contributed by atoms with E-state index in [9.17, 15) is 0 Å². The summed E-state index contributed by atoms with van der Waals surface area (Å²) in [6.45, 7) is 13.0. The van der Waals surface area contributed by atoms with E-state index in [0.29, 0.717) is 5.41 Å². The summed E-state index contributed by atoms with van der Waals surface area (Å²) in [5.74, 6) is 1.05. The molecular weight excluding hydrogens is 196 g/mol. The molecule has 0 atom stereocenters. The second-order valence-corrected chi connectivity index (χ2v) is 6.65. The van der Waals surface area contributed by atoms with Crippen molar-refractivity contribution < 1.29 is 4.74 Å². The molecule has 0 N–H and O–H groups in total. The Hall–Kier alpha value is -0.980. The van der Waals surface area contributed by atoms with E-state index >= 15 is 0 Å². The van der Waals surface area contributed by atoms with Gasteiger partial charge >= 0.3 is 0 Å². The fraction of sp³-hybridized carbons (Fsp3) is 0.600. The predicted octanol–water partition coefficient (Wildman–Crippen LogP) is 4.45. The van der Waals surface area contributed by atoms with Crippen molar-refractivity contribution in [3.8, 4) is 5.75 Å². The molecule has 0 aromatic heterocycles. The monoisotopic (exact) mass is 220 g/mol. The first-order valence-electron chi connectivity index (χ1n) is 5.94. The van der Waals surface area contributed by atoms with Gasteiger partial charge in [0.15, 0.2) is 0 Å². The fourth-order valence-corrected chi connectivity index (χ4v) is 1.54. The molecule has 0 unspecified atom stereocenters. The third-order valence-electron chi connectivity index (χ3n) is 1.98. The molecule has 0 amide bonds. The summed E-state index contributed by atoms with van der Waals surface area (Å²) in [6.07, 6.45) is 1.03. The molecule has 1 aromatic rings. The van der Waals surface area contributed by atoms with Crippen LogP contribution in [0.3, 0.4) is 0 Å². The lowest BCUT2D eigenvalue weighted by Crippen LogP contribution is -2.24. The molecule has 0 saturated carbocycles. The van der Waals surface area contributed by atoms with E-state index in [0.717, 1.165) is 12.2 Å². The third-order valence-corrected chi connectivity index (χ3v) is 1.98. The SMILES string of the molecule is CC(C)(C)C.CC1(C)Cc2ccccc2O1. The molecule has 0 spiro atoms. The van der Waals surface area contributed by atoms with Crippen LogP contribution in [0.25, 0.3) is 0 Å². The number of fused-ring (bicyclic) bond motifs is 1. The smallest absolute Gasteiger partial charge is 0.123 e. The largest absolute Gasteiger partial charge is 0.487 e. The maximum atomic E-state index is 5.69. The van der Waals surface area contributed by atoms with Crippen molar-refractivity contribution >= 4 is 0 Å². The highest BCUT2D eigenvalue weighted by Gasteiger charge is 2.28. The van der Waals surface area contributed by atoms with Crippen LogP contribution in [0.2, 0.25) is 0 Å². The first-order valence-corrected chi connectivity index (χ1v) is 5.94. The first kappa shape index (κ1) is 13.1. The molecule has 0 aliphatic carbocycles.